The molecule has 1 heterocycles. The van der Waals surface area contributed by atoms with E-state index in [4.69, 9.17) is 11.6 Å². The Morgan fingerprint density at radius 3 is 2.33 bits per heavy atom. The molecule has 0 bridgehead atoms. The van der Waals surface area contributed by atoms with Crippen LogP contribution in [0.15, 0.2) is 54.9 Å². The maximum absolute atomic E-state index is 13.6. The standard InChI is InChI=1S/C19H15ClF2N4O/c20-13-6-4-12(5-7-13)8-9-23-19(27)16-10-25-17(11-24-16)26-18-14(21)2-1-3-15(18)22/h1-7,10-11H,8-9H2,(H,23,27)(H,25,26). The normalized spacial score (nSPS) is 10.5. The lowest BCUT2D eigenvalue weighted by Gasteiger charge is -2.08. The molecule has 5 nitrogen and oxygen atoms in total. The second kappa shape index (κ2) is 8.55. The number of aromatic nitrogens is 2. The summed E-state index contributed by atoms with van der Waals surface area (Å²) in [4.78, 5) is 20.0. The number of hydrogen-bond acceptors (Lipinski definition) is 4. The summed E-state index contributed by atoms with van der Waals surface area (Å²) >= 11 is 5.83. The third-order valence-corrected chi connectivity index (χ3v) is 3.96. The molecule has 0 aliphatic rings. The summed E-state index contributed by atoms with van der Waals surface area (Å²) in [5, 5.41) is 5.90. The molecule has 0 atom stereocenters. The van der Waals surface area contributed by atoms with Gasteiger partial charge in [0.05, 0.1) is 12.4 Å². The maximum atomic E-state index is 13.6. The molecule has 0 spiro atoms. The van der Waals surface area contributed by atoms with Crippen LogP contribution in [-0.4, -0.2) is 22.4 Å². The molecule has 3 aromatic rings. The number of amides is 1. The molecule has 1 aromatic heterocycles. The Hall–Kier alpha value is -3.06. The van der Waals surface area contributed by atoms with E-state index in [2.05, 4.69) is 20.6 Å². The fourth-order valence-corrected chi connectivity index (χ4v) is 2.44. The molecule has 0 unspecified atom stereocenters. The average Bonchev–Trinajstić information content (AvgIpc) is 2.67. The van der Waals surface area contributed by atoms with Crippen LogP contribution in [0.3, 0.4) is 0 Å². The first-order chi connectivity index (χ1) is 13.0. The van der Waals surface area contributed by atoms with Crippen molar-refractivity contribution in [2.75, 3.05) is 11.9 Å². The van der Waals surface area contributed by atoms with Crippen molar-refractivity contribution in [3.63, 3.8) is 0 Å². The van der Waals surface area contributed by atoms with Crippen LogP contribution in [0.25, 0.3) is 0 Å². The molecular formula is C19H15ClF2N4O. The number of halogens is 3. The predicted molar refractivity (Wildman–Crippen MR) is 99.2 cm³/mol. The van der Waals surface area contributed by atoms with Crippen molar-refractivity contribution in [1.82, 2.24) is 15.3 Å². The summed E-state index contributed by atoms with van der Waals surface area (Å²) in [5.74, 6) is -1.77. The fraction of sp³-hybridized carbons (Fsp3) is 0.105. The Morgan fingerprint density at radius 2 is 1.70 bits per heavy atom. The van der Waals surface area contributed by atoms with E-state index in [0.29, 0.717) is 18.0 Å². The van der Waals surface area contributed by atoms with Crippen molar-refractivity contribution in [1.29, 1.82) is 0 Å². The van der Waals surface area contributed by atoms with Crippen LogP contribution in [-0.2, 0) is 6.42 Å². The van der Waals surface area contributed by atoms with Gasteiger partial charge in [0.25, 0.3) is 5.91 Å². The molecule has 27 heavy (non-hydrogen) atoms. The molecular weight excluding hydrogens is 374 g/mol. The third kappa shape index (κ3) is 4.98. The summed E-state index contributed by atoms with van der Waals surface area (Å²) in [6.07, 6.45) is 3.11. The van der Waals surface area contributed by atoms with Crippen molar-refractivity contribution in [2.24, 2.45) is 0 Å². The number of carbonyl (C=O) groups is 1. The summed E-state index contributed by atoms with van der Waals surface area (Å²) < 4.78 is 27.2. The number of rotatable bonds is 6. The van der Waals surface area contributed by atoms with Gasteiger partial charge in [0.1, 0.15) is 28.8 Å². The smallest absolute Gasteiger partial charge is 0.271 e. The Balaban J connectivity index is 1.56. The van der Waals surface area contributed by atoms with Crippen molar-refractivity contribution in [3.8, 4) is 0 Å². The van der Waals surface area contributed by atoms with Crippen LogP contribution in [0.5, 0.6) is 0 Å². The quantitative estimate of drug-likeness (QED) is 0.666. The summed E-state index contributed by atoms with van der Waals surface area (Å²) in [6.45, 7) is 0.419. The van der Waals surface area contributed by atoms with E-state index in [9.17, 15) is 13.6 Å². The van der Waals surface area contributed by atoms with Crippen LogP contribution in [0, 0.1) is 11.6 Å². The maximum Gasteiger partial charge on any atom is 0.271 e. The zero-order valence-corrected chi connectivity index (χ0v) is 14.8. The van der Waals surface area contributed by atoms with E-state index in [0.717, 1.165) is 17.7 Å². The van der Waals surface area contributed by atoms with Crippen LogP contribution in [0.1, 0.15) is 16.1 Å². The highest BCUT2D eigenvalue weighted by Gasteiger charge is 2.11. The first-order valence-electron chi connectivity index (χ1n) is 8.08. The average molecular weight is 389 g/mol. The SMILES string of the molecule is O=C(NCCc1ccc(Cl)cc1)c1cnc(Nc2c(F)cccc2F)cn1. The van der Waals surface area contributed by atoms with Gasteiger partial charge in [-0.2, -0.15) is 0 Å². The minimum absolute atomic E-state index is 0.102. The molecule has 0 radical (unpaired) electrons. The Labute approximate surface area is 159 Å². The summed E-state index contributed by atoms with van der Waals surface area (Å²) in [5.41, 5.74) is 0.815. The van der Waals surface area contributed by atoms with Crippen molar-refractivity contribution in [2.45, 2.75) is 6.42 Å². The largest absolute Gasteiger partial charge is 0.350 e. The number of carbonyl (C=O) groups excluding carboxylic acids is 1. The molecule has 3 rings (SSSR count). The third-order valence-electron chi connectivity index (χ3n) is 3.71. The molecule has 0 aliphatic carbocycles. The number of hydrogen-bond donors (Lipinski definition) is 2. The predicted octanol–water partition coefficient (Wildman–Crippen LogP) is 4.12. The van der Waals surface area contributed by atoms with E-state index in [1.807, 2.05) is 12.1 Å². The van der Waals surface area contributed by atoms with Crippen LogP contribution >= 0.6 is 11.6 Å². The van der Waals surface area contributed by atoms with Gasteiger partial charge in [0, 0.05) is 11.6 Å². The lowest BCUT2D eigenvalue weighted by Crippen LogP contribution is -2.26. The number of anilines is 2. The second-order valence-corrected chi connectivity index (χ2v) is 6.08. The van der Waals surface area contributed by atoms with Gasteiger partial charge >= 0.3 is 0 Å². The number of benzene rings is 2. The lowest BCUT2D eigenvalue weighted by molar-refractivity contribution is 0.0949. The zero-order valence-electron chi connectivity index (χ0n) is 14.0. The number of nitrogens with one attached hydrogen (secondary N) is 2. The summed E-state index contributed by atoms with van der Waals surface area (Å²) in [6, 6.07) is 10.9. The van der Waals surface area contributed by atoms with Crippen LogP contribution < -0.4 is 10.6 Å². The Kier molecular flexibility index (Phi) is 5.93. The monoisotopic (exact) mass is 388 g/mol. The first kappa shape index (κ1) is 18.7. The van der Waals surface area contributed by atoms with E-state index in [1.165, 1.54) is 18.5 Å². The number of para-hydroxylation sites is 1. The van der Waals surface area contributed by atoms with Gasteiger partial charge in [-0.25, -0.2) is 18.7 Å². The number of nitrogens with zero attached hydrogens (tertiary/aromatic N) is 2. The van der Waals surface area contributed by atoms with Gasteiger partial charge in [0.15, 0.2) is 0 Å². The molecule has 0 aliphatic heterocycles. The van der Waals surface area contributed by atoms with Gasteiger partial charge in [-0.1, -0.05) is 29.8 Å². The van der Waals surface area contributed by atoms with Crippen molar-refractivity contribution in [3.05, 3.63) is 82.8 Å². The van der Waals surface area contributed by atoms with Crippen LogP contribution in [0.2, 0.25) is 5.02 Å². The highest BCUT2D eigenvalue weighted by Crippen LogP contribution is 2.21. The van der Waals surface area contributed by atoms with Crippen molar-refractivity contribution >= 4 is 29.0 Å². The van der Waals surface area contributed by atoms with E-state index >= 15 is 0 Å². The highest BCUT2D eigenvalue weighted by atomic mass is 35.5. The van der Waals surface area contributed by atoms with Gasteiger partial charge in [-0.05, 0) is 36.2 Å². The second-order valence-electron chi connectivity index (χ2n) is 5.64. The van der Waals surface area contributed by atoms with E-state index in [1.54, 1.807) is 12.1 Å². The minimum atomic E-state index is -0.749. The lowest BCUT2D eigenvalue weighted by atomic mass is 10.1. The Bertz CT molecular complexity index is 913. The molecule has 0 fully saturated rings. The first-order valence-corrected chi connectivity index (χ1v) is 8.46. The van der Waals surface area contributed by atoms with Gasteiger partial charge in [-0.15, -0.1) is 0 Å². The van der Waals surface area contributed by atoms with Crippen LogP contribution in [0.4, 0.5) is 20.3 Å². The molecule has 2 aromatic carbocycles. The zero-order chi connectivity index (χ0) is 19.2. The fourth-order valence-electron chi connectivity index (χ4n) is 2.32. The molecule has 138 valence electrons. The molecule has 8 heteroatoms. The molecule has 0 saturated heterocycles. The van der Waals surface area contributed by atoms with Gasteiger partial charge in [0.2, 0.25) is 0 Å². The van der Waals surface area contributed by atoms with Crippen molar-refractivity contribution < 1.29 is 13.6 Å². The molecule has 0 saturated carbocycles. The summed E-state index contributed by atoms with van der Waals surface area (Å²) in [7, 11) is 0. The molecule has 1 amide bonds. The minimum Gasteiger partial charge on any atom is -0.350 e. The van der Waals surface area contributed by atoms with Gasteiger partial charge in [-0.3, -0.25) is 4.79 Å². The van der Waals surface area contributed by atoms with E-state index < -0.39 is 11.6 Å². The topological polar surface area (TPSA) is 66.9 Å². The Morgan fingerprint density at radius 1 is 1.00 bits per heavy atom. The van der Waals surface area contributed by atoms with E-state index in [-0.39, 0.29) is 23.1 Å². The van der Waals surface area contributed by atoms with Gasteiger partial charge < -0.3 is 10.6 Å². The molecule has 2 N–H and O–H groups in total. The highest BCUT2D eigenvalue weighted by molar-refractivity contribution is 6.30.